The number of carboxylic acids is 1. The molecule has 2 N–H and O–H groups in total. The van der Waals surface area contributed by atoms with Crippen molar-refractivity contribution in [3.63, 3.8) is 0 Å². The van der Waals surface area contributed by atoms with E-state index < -0.39 is 12.0 Å². The van der Waals surface area contributed by atoms with Crippen LogP contribution in [0.3, 0.4) is 0 Å². The molecule has 1 aromatic carbocycles. The number of carbonyl (C=O) groups excluding carboxylic acids is 2. The molecule has 0 spiro atoms. The van der Waals surface area contributed by atoms with Crippen LogP contribution in [0.5, 0.6) is 0 Å². The molecule has 0 aliphatic rings. The second kappa shape index (κ2) is 8.39. The molecule has 1 unspecified atom stereocenters. The van der Waals surface area contributed by atoms with Crippen molar-refractivity contribution in [3.8, 4) is 0 Å². The first-order chi connectivity index (χ1) is 9.32. The number of nitrogens with one attached hydrogen (secondary N) is 1. The Kier molecular flexibility index (Phi) is 7.62. The number of Topliss-reactive ketones (excluding diaryl/α,β-unsaturated/α-hetero) is 1. The minimum Gasteiger partial charge on any atom is -0.480 e. The van der Waals surface area contributed by atoms with E-state index in [9.17, 15) is 14.4 Å². The highest BCUT2D eigenvalue weighted by molar-refractivity contribution is 6.04. The van der Waals surface area contributed by atoms with Gasteiger partial charge in [-0.1, -0.05) is 12.1 Å². The van der Waals surface area contributed by atoms with E-state index in [-0.39, 0.29) is 30.6 Å². The molecule has 0 heterocycles. The summed E-state index contributed by atoms with van der Waals surface area (Å²) in [4.78, 5) is 35.5. The van der Waals surface area contributed by atoms with Crippen LogP contribution in [0.15, 0.2) is 24.3 Å². The summed E-state index contributed by atoms with van der Waals surface area (Å²) in [5.74, 6) is -1.51. The quantitative estimate of drug-likeness (QED) is 0.780. The van der Waals surface area contributed by atoms with Gasteiger partial charge in [0, 0.05) is 5.56 Å². The molecule has 116 valence electrons. The van der Waals surface area contributed by atoms with Crippen LogP contribution in [0.2, 0.25) is 0 Å². The summed E-state index contributed by atoms with van der Waals surface area (Å²) in [6.07, 6.45) is 0. The third-order valence-corrected chi connectivity index (χ3v) is 2.99. The molecule has 6 nitrogen and oxygen atoms in total. The number of aliphatic carboxylic acids is 1. The van der Waals surface area contributed by atoms with Gasteiger partial charge in [-0.3, -0.25) is 19.3 Å². The van der Waals surface area contributed by atoms with Crippen molar-refractivity contribution >= 4 is 35.8 Å². The van der Waals surface area contributed by atoms with Gasteiger partial charge in [0.2, 0.25) is 5.91 Å². The average molecular weight is 315 g/mol. The van der Waals surface area contributed by atoms with Crippen molar-refractivity contribution < 1.29 is 19.5 Å². The maximum absolute atomic E-state index is 11.9. The fourth-order valence-corrected chi connectivity index (χ4v) is 1.64. The summed E-state index contributed by atoms with van der Waals surface area (Å²) in [5, 5.41) is 11.5. The van der Waals surface area contributed by atoms with E-state index >= 15 is 0 Å². The standard InChI is InChI=1S/C14H18N2O4.ClH/c1-9(14(19)20)16(3)8-13(18)15-12-7-5-4-6-11(12)10(2)17;/h4-7,9H,8H2,1-3H3,(H,15,18)(H,19,20);1H. The first-order valence-electron chi connectivity index (χ1n) is 6.15. The molecule has 1 aromatic rings. The number of hydrogen-bond acceptors (Lipinski definition) is 4. The number of amides is 1. The Bertz CT molecular complexity index is 533. The van der Waals surface area contributed by atoms with Gasteiger partial charge in [-0.25, -0.2) is 0 Å². The number of carbonyl (C=O) groups is 3. The Labute approximate surface area is 129 Å². The predicted octanol–water partition coefficient (Wildman–Crippen LogP) is 1.65. The number of hydrogen-bond donors (Lipinski definition) is 2. The first-order valence-corrected chi connectivity index (χ1v) is 6.15. The summed E-state index contributed by atoms with van der Waals surface area (Å²) in [5.41, 5.74) is 0.858. The van der Waals surface area contributed by atoms with Crippen molar-refractivity contribution in [2.45, 2.75) is 19.9 Å². The summed E-state index contributed by atoms with van der Waals surface area (Å²) in [6, 6.07) is 5.93. The first kappa shape index (κ1) is 19.1. The van der Waals surface area contributed by atoms with Gasteiger partial charge in [-0.2, -0.15) is 0 Å². The second-order valence-electron chi connectivity index (χ2n) is 4.58. The summed E-state index contributed by atoms with van der Waals surface area (Å²) in [6.45, 7) is 2.85. The molecule has 0 aliphatic heterocycles. The maximum Gasteiger partial charge on any atom is 0.320 e. The van der Waals surface area contributed by atoms with Crippen molar-refractivity contribution in [2.24, 2.45) is 0 Å². The molecule has 0 bridgehead atoms. The maximum atomic E-state index is 11.9. The van der Waals surface area contributed by atoms with Crippen molar-refractivity contribution in [3.05, 3.63) is 29.8 Å². The summed E-state index contributed by atoms with van der Waals surface area (Å²) >= 11 is 0. The van der Waals surface area contributed by atoms with Gasteiger partial charge in [0.05, 0.1) is 12.2 Å². The minimum absolute atomic E-state index is 0. The molecular formula is C14H19ClN2O4. The lowest BCUT2D eigenvalue weighted by Gasteiger charge is -2.20. The zero-order valence-corrected chi connectivity index (χ0v) is 12.9. The highest BCUT2D eigenvalue weighted by Crippen LogP contribution is 2.15. The highest BCUT2D eigenvalue weighted by Gasteiger charge is 2.19. The number of likely N-dealkylation sites (N-methyl/N-ethyl adjacent to an activating group) is 1. The molecule has 21 heavy (non-hydrogen) atoms. The second-order valence-corrected chi connectivity index (χ2v) is 4.58. The van der Waals surface area contributed by atoms with E-state index in [2.05, 4.69) is 5.32 Å². The molecule has 0 saturated carbocycles. The third kappa shape index (κ3) is 5.53. The van der Waals surface area contributed by atoms with E-state index in [1.54, 1.807) is 31.3 Å². The molecule has 0 fully saturated rings. The Balaban J connectivity index is 0.00000400. The van der Waals surface area contributed by atoms with Crippen LogP contribution < -0.4 is 5.32 Å². The van der Waals surface area contributed by atoms with E-state index in [0.29, 0.717) is 11.3 Å². The SMILES string of the molecule is CC(=O)c1ccccc1NC(=O)CN(C)C(C)C(=O)O.Cl. The van der Waals surface area contributed by atoms with E-state index in [0.717, 1.165) is 0 Å². The zero-order valence-electron chi connectivity index (χ0n) is 12.1. The number of para-hydroxylation sites is 1. The Hall–Kier alpha value is -1.92. The van der Waals surface area contributed by atoms with Crippen LogP contribution in [-0.2, 0) is 9.59 Å². The molecule has 1 amide bonds. The Morgan fingerprint density at radius 1 is 1.29 bits per heavy atom. The number of benzene rings is 1. The monoisotopic (exact) mass is 314 g/mol. The Morgan fingerprint density at radius 3 is 2.38 bits per heavy atom. The molecule has 0 saturated heterocycles. The molecule has 1 atom stereocenters. The number of anilines is 1. The number of carboxylic acid groups (broad SMARTS) is 1. The smallest absolute Gasteiger partial charge is 0.320 e. The van der Waals surface area contributed by atoms with Gasteiger partial charge in [0.25, 0.3) is 0 Å². The van der Waals surface area contributed by atoms with Crippen LogP contribution in [-0.4, -0.2) is 47.3 Å². The van der Waals surface area contributed by atoms with Crippen LogP contribution in [0.4, 0.5) is 5.69 Å². The van der Waals surface area contributed by atoms with Crippen molar-refractivity contribution in [1.29, 1.82) is 0 Å². The normalized spacial score (nSPS) is 11.4. The van der Waals surface area contributed by atoms with Crippen molar-refractivity contribution in [1.82, 2.24) is 4.90 Å². The van der Waals surface area contributed by atoms with Gasteiger partial charge in [-0.15, -0.1) is 12.4 Å². The largest absolute Gasteiger partial charge is 0.480 e. The van der Waals surface area contributed by atoms with Crippen LogP contribution >= 0.6 is 12.4 Å². The molecule has 1 rings (SSSR count). The molecular weight excluding hydrogens is 296 g/mol. The predicted molar refractivity (Wildman–Crippen MR) is 82.1 cm³/mol. The van der Waals surface area contributed by atoms with Gasteiger partial charge >= 0.3 is 5.97 Å². The summed E-state index contributed by atoms with van der Waals surface area (Å²) < 4.78 is 0. The lowest BCUT2D eigenvalue weighted by atomic mass is 10.1. The van der Waals surface area contributed by atoms with Crippen LogP contribution in [0.1, 0.15) is 24.2 Å². The van der Waals surface area contributed by atoms with Crippen LogP contribution in [0.25, 0.3) is 0 Å². The number of nitrogens with zero attached hydrogens (tertiary/aromatic N) is 1. The third-order valence-electron chi connectivity index (χ3n) is 2.99. The highest BCUT2D eigenvalue weighted by atomic mass is 35.5. The summed E-state index contributed by atoms with van der Waals surface area (Å²) in [7, 11) is 1.55. The van der Waals surface area contributed by atoms with Gasteiger partial charge < -0.3 is 10.4 Å². The van der Waals surface area contributed by atoms with Gasteiger partial charge in [-0.05, 0) is 33.0 Å². The van der Waals surface area contributed by atoms with E-state index in [1.807, 2.05) is 0 Å². The fourth-order valence-electron chi connectivity index (χ4n) is 1.64. The number of halogens is 1. The van der Waals surface area contributed by atoms with Gasteiger partial charge in [0.1, 0.15) is 6.04 Å². The van der Waals surface area contributed by atoms with E-state index in [1.165, 1.54) is 18.7 Å². The zero-order chi connectivity index (χ0) is 15.3. The minimum atomic E-state index is -0.996. The molecule has 0 aromatic heterocycles. The molecule has 0 radical (unpaired) electrons. The Morgan fingerprint density at radius 2 is 1.86 bits per heavy atom. The van der Waals surface area contributed by atoms with E-state index in [4.69, 9.17) is 5.11 Å². The molecule has 0 aliphatic carbocycles. The lowest BCUT2D eigenvalue weighted by Crippen LogP contribution is -2.40. The number of rotatable bonds is 6. The number of ketones is 1. The lowest BCUT2D eigenvalue weighted by molar-refractivity contribution is -0.142. The average Bonchev–Trinajstić information content (AvgIpc) is 2.37. The van der Waals surface area contributed by atoms with Crippen LogP contribution in [0, 0.1) is 0 Å². The topological polar surface area (TPSA) is 86.7 Å². The van der Waals surface area contributed by atoms with Gasteiger partial charge in [0.15, 0.2) is 5.78 Å². The fraction of sp³-hybridized carbons (Fsp3) is 0.357. The van der Waals surface area contributed by atoms with Crippen molar-refractivity contribution in [2.75, 3.05) is 18.9 Å². The molecule has 7 heteroatoms.